The van der Waals surface area contributed by atoms with Gasteiger partial charge >= 0.3 is 0 Å². The lowest BCUT2D eigenvalue weighted by molar-refractivity contribution is -0.384. The molecule has 31 heavy (non-hydrogen) atoms. The molecule has 0 aromatic heterocycles. The van der Waals surface area contributed by atoms with Crippen molar-refractivity contribution in [1.82, 2.24) is 10.7 Å². The van der Waals surface area contributed by atoms with Crippen molar-refractivity contribution in [3.8, 4) is 0 Å². The topological polar surface area (TPSA) is 114 Å². The third kappa shape index (κ3) is 6.20. The zero-order chi connectivity index (χ0) is 22.1. The Kier molecular flexibility index (Phi) is 6.99. The van der Waals surface area contributed by atoms with E-state index in [0.717, 1.165) is 5.56 Å². The zero-order valence-electron chi connectivity index (χ0n) is 16.3. The van der Waals surface area contributed by atoms with Gasteiger partial charge in [-0.15, -0.1) is 0 Å². The smallest absolute Gasteiger partial charge is 0.287 e. The number of carbonyl (C=O) groups excluding carboxylic acids is 2. The van der Waals surface area contributed by atoms with Crippen molar-refractivity contribution in [2.24, 2.45) is 5.10 Å². The van der Waals surface area contributed by atoms with Crippen LogP contribution >= 0.6 is 0 Å². The lowest BCUT2D eigenvalue weighted by Gasteiger charge is -2.09. The molecule has 0 fully saturated rings. The molecule has 0 unspecified atom stereocenters. The number of carbonyl (C=O) groups is 2. The molecule has 3 aromatic rings. The number of non-ortho nitro benzene ring substituents is 1. The van der Waals surface area contributed by atoms with Crippen LogP contribution in [0.15, 0.2) is 95.7 Å². The fraction of sp³-hybridized carbons (Fsp3) is 0. The van der Waals surface area contributed by atoms with Gasteiger partial charge in [0.15, 0.2) is 0 Å². The van der Waals surface area contributed by atoms with Crippen LogP contribution in [0.3, 0.4) is 0 Å². The summed E-state index contributed by atoms with van der Waals surface area (Å²) in [5, 5.41) is 17.5. The first-order valence-corrected chi connectivity index (χ1v) is 9.24. The molecule has 8 nitrogen and oxygen atoms in total. The highest BCUT2D eigenvalue weighted by Crippen LogP contribution is 2.15. The molecule has 2 N–H and O–H groups in total. The first kappa shape index (κ1) is 21.1. The molecule has 0 radical (unpaired) electrons. The van der Waals surface area contributed by atoms with Crippen LogP contribution in [0.25, 0.3) is 6.08 Å². The highest BCUT2D eigenvalue weighted by Gasteiger charge is 2.15. The number of hydrogen-bond donors (Lipinski definition) is 2. The van der Waals surface area contributed by atoms with Crippen molar-refractivity contribution in [3.63, 3.8) is 0 Å². The molecule has 0 atom stereocenters. The standard InChI is InChI=1S/C23H18N4O4/c28-22(19-11-5-2-6-12-19)25-21(15-18-10-7-13-20(14-18)27(30)31)23(29)26-24-16-17-8-3-1-4-9-17/h1-16H,(H,25,28)(H,26,29)/b21-15-,24-16+. The summed E-state index contributed by atoms with van der Waals surface area (Å²) in [6, 6.07) is 23.2. The Hall–Kier alpha value is -4.59. The summed E-state index contributed by atoms with van der Waals surface area (Å²) in [4.78, 5) is 35.7. The SMILES string of the molecule is O=C(N/N=C/c1ccccc1)/C(=C/c1cccc([N+](=O)[O-])c1)NC(=O)c1ccccc1. The van der Waals surface area contributed by atoms with E-state index >= 15 is 0 Å². The quantitative estimate of drug-likeness (QED) is 0.266. The minimum absolute atomic E-state index is 0.112. The Labute approximate surface area is 178 Å². The van der Waals surface area contributed by atoms with Crippen LogP contribution in [0.4, 0.5) is 5.69 Å². The van der Waals surface area contributed by atoms with E-state index in [1.165, 1.54) is 30.5 Å². The number of benzene rings is 3. The third-order valence-corrected chi connectivity index (χ3v) is 4.10. The van der Waals surface area contributed by atoms with Gasteiger partial charge in [0, 0.05) is 17.7 Å². The van der Waals surface area contributed by atoms with E-state index in [2.05, 4.69) is 15.8 Å². The van der Waals surface area contributed by atoms with Gasteiger partial charge in [-0.05, 0) is 29.3 Å². The van der Waals surface area contributed by atoms with Gasteiger partial charge in [-0.25, -0.2) is 5.43 Å². The van der Waals surface area contributed by atoms with Crippen molar-refractivity contribution in [3.05, 3.63) is 117 Å². The van der Waals surface area contributed by atoms with Crippen LogP contribution < -0.4 is 10.7 Å². The van der Waals surface area contributed by atoms with Crippen molar-refractivity contribution < 1.29 is 14.5 Å². The molecule has 0 saturated heterocycles. The number of nitro benzene ring substituents is 1. The van der Waals surface area contributed by atoms with E-state index in [-0.39, 0.29) is 11.4 Å². The summed E-state index contributed by atoms with van der Waals surface area (Å²) >= 11 is 0. The van der Waals surface area contributed by atoms with Gasteiger partial charge < -0.3 is 5.32 Å². The van der Waals surface area contributed by atoms with E-state index in [0.29, 0.717) is 11.1 Å². The second kappa shape index (κ2) is 10.3. The predicted molar refractivity (Wildman–Crippen MR) is 117 cm³/mol. The first-order chi connectivity index (χ1) is 15.0. The maximum atomic E-state index is 12.7. The summed E-state index contributed by atoms with van der Waals surface area (Å²) in [6.45, 7) is 0. The summed E-state index contributed by atoms with van der Waals surface area (Å²) in [5.41, 5.74) is 3.62. The zero-order valence-corrected chi connectivity index (χ0v) is 16.3. The highest BCUT2D eigenvalue weighted by molar-refractivity contribution is 6.05. The van der Waals surface area contributed by atoms with Gasteiger partial charge in [-0.2, -0.15) is 5.10 Å². The molecule has 8 heteroatoms. The average molecular weight is 414 g/mol. The van der Waals surface area contributed by atoms with Crippen LogP contribution in [0, 0.1) is 10.1 Å². The lowest BCUT2D eigenvalue weighted by atomic mass is 10.1. The van der Waals surface area contributed by atoms with E-state index in [1.807, 2.05) is 30.3 Å². The molecule has 3 rings (SSSR count). The number of hydrazone groups is 1. The highest BCUT2D eigenvalue weighted by atomic mass is 16.6. The van der Waals surface area contributed by atoms with Crippen LogP contribution in [0.1, 0.15) is 21.5 Å². The van der Waals surface area contributed by atoms with Crippen LogP contribution in [-0.2, 0) is 4.79 Å². The monoisotopic (exact) mass is 414 g/mol. The second-order valence-electron chi connectivity index (χ2n) is 6.34. The number of rotatable bonds is 7. The third-order valence-electron chi connectivity index (χ3n) is 4.10. The molecular weight excluding hydrogens is 396 g/mol. The van der Waals surface area contributed by atoms with Gasteiger partial charge in [-0.3, -0.25) is 19.7 Å². The summed E-state index contributed by atoms with van der Waals surface area (Å²) < 4.78 is 0. The summed E-state index contributed by atoms with van der Waals surface area (Å²) in [5.74, 6) is -1.18. The fourth-order valence-electron chi connectivity index (χ4n) is 2.60. The van der Waals surface area contributed by atoms with Crippen molar-refractivity contribution in [1.29, 1.82) is 0 Å². The molecule has 0 aliphatic heterocycles. The van der Waals surface area contributed by atoms with E-state index in [4.69, 9.17) is 0 Å². The van der Waals surface area contributed by atoms with Gasteiger partial charge in [0.2, 0.25) is 0 Å². The molecule has 3 aromatic carbocycles. The second-order valence-corrected chi connectivity index (χ2v) is 6.34. The Morgan fingerprint density at radius 1 is 0.871 bits per heavy atom. The Morgan fingerprint density at radius 3 is 2.19 bits per heavy atom. The Bertz CT molecular complexity index is 1140. The minimum atomic E-state index is -0.678. The normalized spacial score (nSPS) is 11.2. The number of amides is 2. The molecule has 0 aliphatic rings. The molecule has 0 spiro atoms. The number of nitro groups is 1. The van der Waals surface area contributed by atoms with Gasteiger partial charge in [0.25, 0.3) is 17.5 Å². The number of nitrogens with one attached hydrogen (secondary N) is 2. The number of hydrogen-bond acceptors (Lipinski definition) is 5. The van der Waals surface area contributed by atoms with E-state index in [9.17, 15) is 19.7 Å². The molecule has 0 saturated carbocycles. The summed E-state index contributed by atoms with van der Waals surface area (Å²) in [6.07, 6.45) is 2.81. The predicted octanol–water partition coefficient (Wildman–Crippen LogP) is 3.52. The van der Waals surface area contributed by atoms with Gasteiger partial charge in [0.1, 0.15) is 5.70 Å². The Balaban J connectivity index is 1.85. The van der Waals surface area contributed by atoms with Gasteiger partial charge in [0.05, 0.1) is 11.1 Å². The van der Waals surface area contributed by atoms with Crippen LogP contribution in [0.2, 0.25) is 0 Å². The van der Waals surface area contributed by atoms with E-state index < -0.39 is 16.7 Å². The molecular formula is C23H18N4O4. The average Bonchev–Trinajstić information content (AvgIpc) is 2.80. The molecule has 154 valence electrons. The van der Waals surface area contributed by atoms with E-state index in [1.54, 1.807) is 36.4 Å². The maximum Gasteiger partial charge on any atom is 0.287 e. The minimum Gasteiger partial charge on any atom is -0.317 e. The molecule has 2 amide bonds. The lowest BCUT2D eigenvalue weighted by Crippen LogP contribution is -2.32. The fourth-order valence-corrected chi connectivity index (χ4v) is 2.60. The molecule has 0 bridgehead atoms. The Morgan fingerprint density at radius 2 is 1.52 bits per heavy atom. The van der Waals surface area contributed by atoms with Crippen molar-refractivity contribution >= 4 is 29.8 Å². The van der Waals surface area contributed by atoms with Gasteiger partial charge in [-0.1, -0.05) is 60.7 Å². The number of nitrogens with zero attached hydrogens (tertiary/aromatic N) is 2. The summed E-state index contributed by atoms with van der Waals surface area (Å²) in [7, 11) is 0. The molecule has 0 aliphatic carbocycles. The maximum absolute atomic E-state index is 12.7. The largest absolute Gasteiger partial charge is 0.317 e. The first-order valence-electron chi connectivity index (χ1n) is 9.24. The van der Waals surface area contributed by atoms with Crippen LogP contribution in [-0.4, -0.2) is 23.0 Å². The van der Waals surface area contributed by atoms with Crippen molar-refractivity contribution in [2.45, 2.75) is 0 Å². The molecule has 0 heterocycles. The van der Waals surface area contributed by atoms with Crippen LogP contribution in [0.5, 0.6) is 0 Å². The van der Waals surface area contributed by atoms with Crippen molar-refractivity contribution in [2.75, 3.05) is 0 Å².